The zero-order chi connectivity index (χ0) is 17.1. The molecular weight excluding hydrogens is 324 g/mol. The molecule has 0 radical (unpaired) electrons. The first kappa shape index (κ1) is 16.1. The Kier molecular flexibility index (Phi) is 4.57. The highest BCUT2D eigenvalue weighted by Crippen LogP contribution is 2.24. The minimum absolute atomic E-state index is 0.256. The summed E-state index contributed by atoms with van der Waals surface area (Å²) in [6, 6.07) is 10.8. The summed E-state index contributed by atoms with van der Waals surface area (Å²) in [5, 5.41) is 5.92. The number of hydrogen-bond acceptors (Lipinski definition) is 5. The normalized spacial score (nSPS) is 10.6. The molecule has 2 aromatic heterocycles. The number of anilines is 1. The summed E-state index contributed by atoms with van der Waals surface area (Å²) in [6.07, 6.45) is 0. The molecule has 3 aromatic rings. The van der Waals surface area contributed by atoms with Crippen molar-refractivity contribution in [1.82, 2.24) is 4.98 Å². The zero-order valence-electron chi connectivity index (χ0n) is 13.3. The lowest BCUT2D eigenvalue weighted by Gasteiger charge is -2.08. The molecule has 0 bridgehead atoms. The van der Waals surface area contributed by atoms with E-state index in [2.05, 4.69) is 10.3 Å². The molecule has 6 heteroatoms. The number of hydrogen-bond donors (Lipinski definition) is 1. The molecule has 1 N–H and O–H groups in total. The quantitative estimate of drug-likeness (QED) is 0.728. The van der Waals surface area contributed by atoms with Crippen molar-refractivity contribution in [3.05, 3.63) is 58.7 Å². The molecule has 0 aliphatic carbocycles. The minimum Gasteiger partial charge on any atom is -0.462 e. The first-order chi connectivity index (χ1) is 11.6. The lowest BCUT2D eigenvalue weighted by atomic mass is 10.1. The molecule has 2 heterocycles. The van der Waals surface area contributed by atoms with Crippen molar-refractivity contribution < 1.29 is 14.3 Å². The van der Waals surface area contributed by atoms with Crippen molar-refractivity contribution in [1.29, 1.82) is 0 Å². The van der Waals surface area contributed by atoms with Crippen molar-refractivity contribution in [3.63, 3.8) is 0 Å². The Hall–Kier alpha value is -2.73. The molecule has 1 aromatic carbocycles. The Bertz CT molecular complexity index is 918. The minimum atomic E-state index is -0.433. The number of thiophene rings is 1. The van der Waals surface area contributed by atoms with Gasteiger partial charge in [-0.1, -0.05) is 0 Å². The van der Waals surface area contributed by atoms with Gasteiger partial charge < -0.3 is 10.1 Å². The Morgan fingerprint density at radius 2 is 2.04 bits per heavy atom. The van der Waals surface area contributed by atoms with Crippen molar-refractivity contribution in [2.45, 2.75) is 13.8 Å². The molecular formula is C18H16N2O3S. The van der Waals surface area contributed by atoms with E-state index in [1.165, 1.54) is 10.8 Å². The van der Waals surface area contributed by atoms with Crippen LogP contribution in [0.2, 0.25) is 0 Å². The molecule has 0 aliphatic heterocycles. The number of nitrogens with zero attached hydrogens (tertiary/aromatic N) is 1. The van der Waals surface area contributed by atoms with Crippen LogP contribution in [0.25, 0.3) is 10.1 Å². The van der Waals surface area contributed by atoms with Gasteiger partial charge in [0, 0.05) is 10.4 Å². The lowest BCUT2D eigenvalue weighted by molar-refractivity contribution is 0.0524. The van der Waals surface area contributed by atoms with Gasteiger partial charge in [0.2, 0.25) is 0 Å². The number of aryl methyl sites for hydroxylation is 1. The van der Waals surface area contributed by atoms with Crippen molar-refractivity contribution in [3.8, 4) is 0 Å². The standard InChI is InChI=1S/C18H16N2O3S/c1-3-23-18(22)14-5-6-15(19-11(14)2)17(21)20-13-4-7-16-12(10-13)8-9-24-16/h4-10H,3H2,1-2H3,(H,20,21). The van der Waals surface area contributed by atoms with Gasteiger partial charge in [-0.25, -0.2) is 9.78 Å². The van der Waals surface area contributed by atoms with Crippen LogP contribution in [-0.2, 0) is 4.74 Å². The third-order valence-corrected chi connectivity index (χ3v) is 4.42. The Balaban J connectivity index is 1.79. The van der Waals surface area contributed by atoms with E-state index in [1.54, 1.807) is 31.3 Å². The number of carbonyl (C=O) groups excluding carboxylic acids is 2. The van der Waals surface area contributed by atoms with E-state index < -0.39 is 5.97 Å². The highest BCUT2D eigenvalue weighted by atomic mass is 32.1. The van der Waals surface area contributed by atoms with E-state index >= 15 is 0 Å². The largest absolute Gasteiger partial charge is 0.462 e. The number of esters is 1. The van der Waals surface area contributed by atoms with Crippen LogP contribution in [0.5, 0.6) is 0 Å². The van der Waals surface area contributed by atoms with Crippen molar-refractivity contribution in [2.24, 2.45) is 0 Å². The van der Waals surface area contributed by atoms with Crippen LogP contribution in [0.15, 0.2) is 41.8 Å². The maximum Gasteiger partial charge on any atom is 0.339 e. The molecule has 1 amide bonds. The number of rotatable bonds is 4. The molecule has 0 fully saturated rings. The molecule has 0 atom stereocenters. The molecule has 5 nitrogen and oxygen atoms in total. The van der Waals surface area contributed by atoms with Gasteiger partial charge in [0.25, 0.3) is 5.91 Å². The number of benzene rings is 1. The molecule has 122 valence electrons. The van der Waals surface area contributed by atoms with Crippen LogP contribution >= 0.6 is 11.3 Å². The van der Waals surface area contributed by atoms with Gasteiger partial charge in [0.05, 0.1) is 17.9 Å². The van der Waals surface area contributed by atoms with Crippen molar-refractivity contribution >= 4 is 39.0 Å². The summed E-state index contributed by atoms with van der Waals surface area (Å²) in [4.78, 5) is 28.3. The van der Waals surface area contributed by atoms with E-state index in [4.69, 9.17) is 4.74 Å². The van der Waals surface area contributed by atoms with Crippen LogP contribution in [0, 0.1) is 6.92 Å². The lowest BCUT2D eigenvalue weighted by Crippen LogP contribution is -2.16. The van der Waals surface area contributed by atoms with Crippen LogP contribution in [0.3, 0.4) is 0 Å². The summed E-state index contributed by atoms with van der Waals surface area (Å²) >= 11 is 1.65. The number of carbonyl (C=O) groups is 2. The molecule has 0 aliphatic rings. The number of pyridine rings is 1. The predicted octanol–water partition coefficient (Wildman–Crippen LogP) is 4.03. The van der Waals surface area contributed by atoms with Gasteiger partial charge in [0.15, 0.2) is 0 Å². The Labute approximate surface area is 143 Å². The summed E-state index contributed by atoms with van der Waals surface area (Å²) in [5.41, 5.74) is 1.80. The second kappa shape index (κ2) is 6.80. The number of ether oxygens (including phenoxy) is 1. The molecule has 0 spiro atoms. The van der Waals surface area contributed by atoms with Crippen molar-refractivity contribution in [2.75, 3.05) is 11.9 Å². The Morgan fingerprint density at radius 1 is 1.21 bits per heavy atom. The fourth-order valence-electron chi connectivity index (χ4n) is 2.35. The van der Waals surface area contributed by atoms with E-state index in [0.717, 1.165) is 5.39 Å². The predicted molar refractivity (Wildman–Crippen MR) is 94.7 cm³/mol. The molecule has 0 unspecified atom stereocenters. The fourth-order valence-corrected chi connectivity index (χ4v) is 3.12. The second-order valence-corrected chi connectivity index (χ2v) is 6.12. The monoisotopic (exact) mass is 340 g/mol. The van der Waals surface area contributed by atoms with Gasteiger partial charge >= 0.3 is 5.97 Å². The van der Waals surface area contributed by atoms with E-state index in [1.807, 2.05) is 29.6 Å². The van der Waals surface area contributed by atoms with Gasteiger partial charge in [-0.3, -0.25) is 4.79 Å². The third-order valence-electron chi connectivity index (χ3n) is 3.52. The maximum atomic E-state index is 12.4. The topological polar surface area (TPSA) is 68.3 Å². The number of amides is 1. The average molecular weight is 340 g/mol. The maximum absolute atomic E-state index is 12.4. The van der Waals surface area contributed by atoms with Gasteiger partial charge in [-0.15, -0.1) is 11.3 Å². The first-order valence-electron chi connectivity index (χ1n) is 7.52. The molecule has 24 heavy (non-hydrogen) atoms. The average Bonchev–Trinajstić information content (AvgIpc) is 3.02. The molecule has 0 saturated carbocycles. The van der Waals surface area contributed by atoms with Gasteiger partial charge in [0.1, 0.15) is 5.69 Å². The van der Waals surface area contributed by atoms with Gasteiger partial charge in [-0.2, -0.15) is 0 Å². The molecule has 3 rings (SSSR count). The van der Waals surface area contributed by atoms with E-state index in [0.29, 0.717) is 23.6 Å². The van der Waals surface area contributed by atoms with Crippen LogP contribution < -0.4 is 5.32 Å². The van der Waals surface area contributed by atoms with Gasteiger partial charge in [-0.05, 0) is 61.0 Å². The second-order valence-electron chi connectivity index (χ2n) is 5.18. The Morgan fingerprint density at radius 3 is 2.79 bits per heavy atom. The number of nitrogens with one attached hydrogen (secondary N) is 1. The van der Waals surface area contributed by atoms with E-state index in [-0.39, 0.29) is 11.6 Å². The smallest absolute Gasteiger partial charge is 0.339 e. The summed E-state index contributed by atoms with van der Waals surface area (Å²) < 4.78 is 6.13. The van der Waals surface area contributed by atoms with Crippen LogP contribution in [0.1, 0.15) is 33.5 Å². The first-order valence-corrected chi connectivity index (χ1v) is 8.40. The number of aromatic nitrogens is 1. The number of fused-ring (bicyclic) bond motifs is 1. The van der Waals surface area contributed by atoms with Crippen LogP contribution in [-0.4, -0.2) is 23.5 Å². The highest BCUT2D eigenvalue weighted by molar-refractivity contribution is 7.17. The van der Waals surface area contributed by atoms with E-state index in [9.17, 15) is 9.59 Å². The summed E-state index contributed by atoms with van der Waals surface area (Å²) in [5.74, 6) is -0.750. The zero-order valence-corrected chi connectivity index (χ0v) is 14.1. The summed E-state index contributed by atoms with van der Waals surface area (Å²) in [6.45, 7) is 3.72. The third kappa shape index (κ3) is 3.28. The fraction of sp³-hybridized carbons (Fsp3) is 0.167. The van der Waals surface area contributed by atoms with Crippen LogP contribution in [0.4, 0.5) is 5.69 Å². The summed E-state index contributed by atoms with van der Waals surface area (Å²) in [7, 11) is 0. The molecule has 0 saturated heterocycles. The SMILES string of the molecule is CCOC(=O)c1ccc(C(=O)Nc2ccc3sccc3c2)nc1C. The highest BCUT2D eigenvalue weighted by Gasteiger charge is 2.15.